The lowest BCUT2D eigenvalue weighted by molar-refractivity contribution is -0.123. The maximum absolute atomic E-state index is 11.7. The van der Waals surface area contributed by atoms with E-state index in [2.05, 4.69) is 10.3 Å². The molecule has 0 aliphatic carbocycles. The molecule has 1 unspecified atom stereocenters. The van der Waals surface area contributed by atoms with Crippen molar-refractivity contribution in [2.45, 2.75) is 45.3 Å². The molecule has 0 aromatic carbocycles. The van der Waals surface area contributed by atoms with Crippen molar-refractivity contribution >= 4 is 5.91 Å². The summed E-state index contributed by atoms with van der Waals surface area (Å²) in [5.41, 5.74) is 0.304. The zero-order valence-corrected chi connectivity index (χ0v) is 10.6. The summed E-state index contributed by atoms with van der Waals surface area (Å²) in [4.78, 5) is 15.8. The number of carbonyl (C=O) groups is 1. The first-order chi connectivity index (χ1) is 7.92. The van der Waals surface area contributed by atoms with Crippen LogP contribution in [0.15, 0.2) is 24.4 Å². The van der Waals surface area contributed by atoms with Gasteiger partial charge in [-0.25, -0.2) is 0 Å². The van der Waals surface area contributed by atoms with Gasteiger partial charge in [0.2, 0.25) is 5.91 Å². The lowest BCUT2D eigenvalue weighted by atomic mass is 9.98. The first-order valence-corrected chi connectivity index (χ1v) is 5.81. The predicted octanol–water partition coefficient (Wildman–Crippen LogP) is 1.29. The number of rotatable bonds is 5. The van der Waals surface area contributed by atoms with Crippen molar-refractivity contribution in [1.29, 1.82) is 0 Å². The van der Waals surface area contributed by atoms with Gasteiger partial charge in [-0.15, -0.1) is 0 Å². The number of aryl methyl sites for hydroxylation is 1. The molecule has 0 aliphatic heterocycles. The molecular formula is C13H20N2O2. The van der Waals surface area contributed by atoms with Crippen molar-refractivity contribution in [3.05, 3.63) is 30.1 Å². The van der Waals surface area contributed by atoms with Crippen LogP contribution >= 0.6 is 0 Å². The van der Waals surface area contributed by atoms with Crippen LogP contribution in [0.4, 0.5) is 0 Å². The number of carbonyl (C=O) groups excluding carboxylic acids is 1. The summed E-state index contributed by atoms with van der Waals surface area (Å²) < 4.78 is 0. The third-order valence-corrected chi connectivity index (χ3v) is 2.84. The van der Waals surface area contributed by atoms with Crippen LogP contribution in [0.25, 0.3) is 0 Å². The number of hydrogen-bond acceptors (Lipinski definition) is 3. The van der Waals surface area contributed by atoms with Gasteiger partial charge in [0.25, 0.3) is 0 Å². The summed E-state index contributed by atoms with van der Waals surface area (Å²) in [6.45, 7) is 5.27. The summed E-state index contributed by atoms with van der Waals surface area (Å²) >= 11 is 0. The number of aliphatic hydroxyl groups excluding tert-OH is 1. The lowest BCUT2D eigenvalue weighted by Crippen LogP contribution is -2.51. The van der Waals surface area contributed by atoms with Crippen LogP contribution in [0.1, 0.15) is 32.9 Å². The summed E-state index contributed by atoms with van der Waals surface area (Å²) in [6.07, 6.45) is 2.13. The fraction of sp³-hybridized carbons (Fsp3) is 0.538. The van der Waals surface area contributed by atoms with Crippen molar-refractivity contribution in [2.24, 2.45) is 0 Å². The molecule has 17 heavy (non-hydrogen) atoms. The first-order valence-electron chi connectivity index (χ1n) is 5.81. The Balaban J connectivity index is 2.41. The Morgan fingerprint density at radius 2 is 2.24 bits per heavy atom. The number of hydrogen-bond donors (Lipinski definition) is 2. The van der Waals surface area contributed by atoms with Gasteiger partial charge in [-0.3, -0.25) is 9.78 Å². The summed E-state index contributed by atoms with van der Waals surface area (Å²) in [5, 5.41) is 12.3. The summed E-state index contributed by atoms with van der Waals surface area (Å²) in [5.74, 6) is -0.0680. The Morgan fingerprint density at radius 3 is 2.76 bits per heavy atom. The maximum atomic E-state index is 11.7. The maximum Gasteiger partial charge on any atom is 0.220 e. The zero-order valence-electron chi connectivity index (χ0n) is 10.6. The highest BCUT2D eigenvalue weighted by Crippen LogP contribution is 2.09. The monoisotopic (exact) mass is 236 g/mol. The molecule has 0 saturated heterocycles. The van der Waals surface area contributed by atoms with Gasteiger partial charge in [0.15, 0.2) is 0 Å². The van der Waals surface area contributed by atoms with E-state index in [1.54, 1.807) is 27.0 Å². The number of aromatic nitrogens is 1. The Labute approximate surface area is 102 Å². The van der Waals surface area contributed by atoms with Crippen LogP contribution in [-0.2, 0) is 11.2 Å². The van der Waals surface area contributed by atoms with Crippen molar-refractivity contribution in [3.8, 4) is 0 Å². The molecule has 0 spiro atoms. The van der Waals surface area contributed by atoms with Gasteiger partial charge in [-0.2, -0.15) is 0 Å². The van der Waals surface area contributed by atoms with Gasteiger partial charge < -0.3 is 10.4 Å². The van der Waals surface area contributed by atoms with Crippen LogP contribution in [-0.4, -0.2) is 27.6 Å². The largest absolute Gasteiger partial charge is 0.391 e. The molecule has 1 aromatic heterocycles. The van der Waals surface area contributed by atoms with E-state index in [-0.39, 0.29) is 5.91 Å². The van der Waals surface area contributed by atoms with Crippen molar-refractivity contribution in [1.82, 2.24) is 10.3 Å². The van der Waals surface area contributed by atoms with E-state index in [9.17, 15) is 9.90 Å². The summed E-state index contributed by atoms with van der Waals surface area (Å²) in [7, 11) is 0. The van der Waals surface area contributed by atoms with Crippen molar-refractivity contribution < 1.29 is 9.90 Å². The number of nitrogens with one attached hydrogen (secondary N) is 1. The molecule has 1 atom stereocenters. The number of pyridine rings is 1. The topological polar surface area (TPSA) is 62.2 Å². The standard InChI is InChI=1S/C13H20N2O2/c1-10(16)13(2,3)15-12(17)8-7-11-6-4-5-9-14-11/h4-6,9-10,16H,7-8H2,1-3H3,(H,15,17). The fourth-order valence-corrected chi connectivity index (χ4v) is 1.31. The van der Waals surface area contributed by atoms with Crippen LogP contribution in [0.3, 0.4) is 0 Å². The Bertz CT molecular complexity index is 361. The second-order valence-electron chi connectivity index (χ2n) is 4.77. The smallest absolute Gasteiger partial charge is 0.220 e. The fourth-order valence-electron chi connectivity index (χ4n) is 1.31. The van der Waals surface area contributed by atoms with Crippen LogP contribution in [0.2, 0.25) is 0 Å². The highest BCUT2D eigenvalue weighted by molar-refractivity contribution is 5.77. The molecule has 94 valence electrons. The number of nitrogens with zero attached hydrogens (tertiary/aromatic N) is 1. The average molecular weight is 236 g/mol. The molecule has 1 aromatic rings. The number of amides is 1. The average Bonchev–Trinajstić information content (AvgIpc) is 2.27. The van der Waals surface area contributed by atoms with Gasteiger partial charge in [-0.05, 0) is 39.3 Å². The molecule has 0 radical (unpaired) electrons. The summed E-state index contributed by atoms with van der Waals surface area (Å²) in [6, 6.07) is 5.65. The van der Waals surface area contributed by atoms with E-state index in [4.69, 9.17) is 0 Å². The first kappa shape index (κ1) is 13.6. The third-order valence-electron chi connectivity index (χ3n) is 2.84. The minimum Gasteiger partial charge on any atom is -0.391 e. The SMILES string of the molecule is CC(O)C(C)(C)NC(=O)CCc1ccccn1. The highest BCUT2D eigenvalue weighted by Gasteiger charge is 2.25. The van der Waals surface area contributed by atoms with E-state index in [1.807, 2.05) is 18.2 Å². The van der Waals surface area contributed by atoms with Crippen molar-refractivity contribution in [3.63, 3.8) is 0 Å². The third kappa shape index (κ3) is 4.53. The normalized spacial score (nSPS) is 13.2. The van der Waals surface area contributed by atoms with E-state index in [0.717, 1.165) is 5.69 Å². The molecule has 1 heterocycles. The van der Waals surface area contributed by atoms with Gasteiger partial charge in [0.05, 0.1) is 11.6 Å². The highest BCUT2D eigenvalue weighted by atomic mass is 16.3. The van der Waals surface area contributed by atoms with Crippen LogP contribution < -0.4 is 5.32 Å². The minimum absolute atomic E-state index is 0.0680. The quantitative estimate of drug-likeness (QED) is 0.809. The van der Waals surface area contributed by atoms with E-state index >= 15 is 0 Å². The zero-order chi connectivity index (χ0) is 12.9. The molecule has 0 fully saturated rings. The van der Waals surface area contributed by atoms with Crippen molar-refractivity contribution in [2.75, 3.05) is 0 Å². The molecule has 0 aliphatic rings. The Morgan fingerprint density at radius 1 is 1.53 bits per heavy atom. The van der Waals surface area contributed by atoms with Gasteiger partial charge in [-0.1, -0.05) is 6.07 Å². The van der Waals surface area contributed by atoms with E-state index in [1.165, 1.54) is 0 Å². The molecule has 1 rings (SSSR count). The molecule has 1 amide bonds. The molecular weight excluding hydrogens is 216 g/mol. The molecule has 0 saturated carbocycles. The predicted molar refractivity (Wildman–Crippen MR) is 66.5 cm³/mol. The van der Waals surface area contributed by atoms with E-state index in [0.29, 0.717) is 12.8 Å². The molecule has 2 N–H and O–H groups in total. The van der Waals surface area contributed by atoms with Gasteiger partial charge in [0, 0.05) is 18.3 Å². The van der Waals surface area contributed by atoms with Crippen LogP contribution in [0.5, 0.6) is 0 Å². The second-order valence-corrected chi connectivity index (χ2v) is 4.77. The number of aliphatic hydroxyl groups is 1. The van der Waals surface area contributed by atoms with Crippen LogP contribution in [0, 0.1) is 0 Å². The van der Waals surface area contributed by atoms with Gasteiger partial charge in [0.1, 0.15) is 0 Å². The van der Waals surface area contributed by atoms with Gasteiger partial charge >= 0.3 is 0 Å². The molecule has 4 heteroatoms. The second kappa shape index (κ2) is 5.77. The Kier molecular flexibility index (Phi) is 4.63. The molecule has 4 nitrogen and oxygen atoms in total. The minimum atomic E-state index is -0.596. The lowest BCUT2D eigenvalue weighted by Gasteiger charge is -2.29. The van der Waals surface area contributed by atoms with E-state index < -0.39 is 11.6 Å². The molecule has 0 bridgehead atoms. The Hall–Kier alpha value is -1.42.